The van der Waals surface area contributed by atoms with E-state index in [9.17, 15) is 14.4 Å². The molecule has 0 saturated carbocycles. The first-order chi connectivity index (χ1) is 14.8. The topological polar surface area (TPSA) is 85.6 Å². The standard InChI is InChI=1S/C22H19ClN4O4/c1-13-19(22(30)27(25(13)2)15-9-5-4-6-10-15)26-20(28)17(23)18(21(26)29)24-14-8-7-11-16(12-14)31-3/h4-12,24H,1-3H3. The zero-order valence-electron chi connectivity index (χ0n) is 17.0. The summed E-state index contributed by atoms with van der Waals surface area (Å²) in [5.74, 6) is -0.896. The average molecular weight is 439 g/mol. The number of aromatic nitrogens is 2. The van der Waals surface area contributed by atoms with Crippen LogP contribution in [0.25, 0.3) is 5.69 Å². The second-order valence-corrected chi connectivity index (χ2v) is 7.28. The van der Waals surface area contributed by atoms with Crippen molar-refractivity contribution in [3.63, 3.8) is 0 Å². The second-order valence-electron chi connectivity index (χ2n) is 6.90. The summed E-state index contributed by atoms with van der Waals surface area (Å²) >= 11 is 6.22. The molecule has 1 aromatic heterocycles. The highest BCUT2D eigenvalue weighted by atomic mass is 35.5. The zero-order chi connectivity index (χ0) is 22.3. The van der Waals surface area contributed by atoms with Gasteiger partial charge in [-0.1, -0.05) is 35.9 Å². The maximum atomic E-state index is 13.2. The van der Waals surface area contributed by atoms with Gasteiger partial charge >= 0.3 is 0 Å². The Balaban J connectivity index is 1.75. The number of imide groups is 1. The zero-order valence-corrected chi connectivity index (χ0v) is 17.8. The smallest absolute Gasteiger partial charge is 0.296 e. The van der Waals surface area contributed by atoms with Gasteiger partial charge in [-0.25, -0.2) is 9.58 Å². The molecule has 1 aliphatic heterocycles. The van der Waals surface area contributed by atoms with Crippen LogP contribution in [0.2, 0.25) is 0 Å². The van der Waals surface area contributed by atoms with Crippen molar-refractivity contribution in [2.24, 2.45) is 7.05 Å². The summed E-state index contributed by atoms with van der Waals surface area (Å²) in [6, 6.07) is 15.8. The van der Waals surface area contributed by atoms with Crippen LogP contribution in [0.5, 0.6) is 5.75 Å². The van der Waals surface area contributed by atoms with Gasteiger partial charge in [0.25, 0.3) is 17.4 Å². The largest absolute Gasteiger partial charge is 0.497 e. The Bertz CT molecular complexity index is 1290. The number of carbonyl (C=O) groups excluding carboxylic acids is 2. The van der Waals surface area contributed by atoms with E-state index in [0.29, 0.717) is 22.8 Å². The number of anilines is 2. The van der Waals surface area contributed by atoms with Crippen molar-refractivity contribution in [1.29, 1.82) is 0 Å². The third kappa shape index (κ3) is 3.30. The molecule has 1 aliphatic rings. The SMILES string of the molecule is COc1cccc(NC2=C(Cl)C(=O)N(c3c(C)n(C)n(-c4ccccc4)c3=O)C2=O)c1. The van der Waals surface area contributed by atoms with E-state index >= 15 is 0 Å². The Morgan fingerprint density at radius 3 is 2.35 bits per heavy atom. The minimum atomic E-state index is -0.761. The van der Waals surface area contributed by atoms with E-state index in [-0.39, 0.29) is 16.4 Å². The van der Waals surface area contributed by atoms with Gasteiger partial charge in [-0.15, -0.1) is 0 Å². The van der Waals surface area contributed by atoms with E-state index in [4.69, 9.17) is 16.3 Å². The summed E-state index contributed by atoms with van der Waals surface area (Å²) in [5.41, 5.74) is 0.928. The maximum Gasteiger partial charge on any atom is 0.296 e. The predicted octanol–water partition coefficient (Wildman–Crippen LogP) is 2.93. The van der Waals surface area contributed by atoms with E-state index in [1.807, 2.05) is 6.07 Å². The molecule has 1 N–H and O–H groups in total. The fourth-order valence-corrected chi connectivity index (χ4v) is 3.68. The Hall–Kier alpha value is -3.78. The first-order valence-electron chi connectivity index (χ1n) is 9.38. The molecule has 2 aromatic carbocycles. The van der Waals surface area contributed by atoms with Crippen LogP contribution in [0.15, 0.2) is 70.1 Å². The molecular formula is C22H19ClN4O4. The third-order valence-corrected chi connectivity index (χ3v) is 5.46. The number of methoxy groups -OCH3 is 1. The van der Waals surface area contributed by atoms with Crippen LogP contribution in [0.4, 0.5) is 11.4 Å². The molecule has 0 atom stereocenters. The highest BCUT2D eigenvalue weighted by Gasteiger charge is 2.42. The van der Waals surface area contributed by atoms with E-state index < -0.39 is 17.4 Å². The first kappa shape index (κ1) is 20.5. The minimum absolute atomic E-state index is 0.0399. The van der Waals surface area contributed by atoms with Crippen LogP contribution in [-0.4, -0.2) is 28.3 Å². The van der Waals surface area contributed by atoms with E-state index in [2.05, 4.69) is 5.32 Å². The number of nitrogens with zero attached hydrogens (tertiary/aromatic N) is 3. The molecule has 31 heavy (non-hydrogen) atoms. The van der Waals surface area contributed by atoms with Gasteiger partial charge in [0.15, 0.2) is 0 Å². The lowest BCUT2D eigenvalue weighted by molar-refractivity contribution is -0.120. The maximum absolute atomic E-state index is 13.2. The summed E-state index contributed by atoms with van der Waals surface area (Å²) in [6.07, 6.45) is 0. The molecule has 8 nitrogen and oxygen atoms in total. The predicted molar refractivity (Wildman–Crippen MR) is 118 cm³/mol. The molecule has 0 saturated heterocycles. The Morgan fingerprint density at radius 2 is 1.68 bits per heavy atom. The van der Waals surface area contributed by atoms with Crippen LogP contribution in [-0.2, 0) is 16.6 Å². The van der Waals surface area contributed by atoms with Gasteiger partial charge in [0, 0.05) is 18.8 Å². The lowest BCUT2D eigenvalue weighted by Crippen LogP contribution is -2.36. The number of para-hydroxylation sites is 1. The molecule has 0 spiro atoms. The van der Waals surface area contributed by atoms with Crippen molar-refractivity contribution in [2.75, 3.05) is 17.3 Å². The Kier molecular flexibility index (Phi) is 5.16. The van der Waals surface area contributed by atoms with Gasteiger partial charge in [-0.05, 0) is 31.2 Å². The number of hydrogen-bond donors (Lipinski definition) is 1. The van der Waals surface area contributed by atoms with Gasteiger partial charge in [0.05, 0.1) is 18.5 Å². The van der Waals surface area contributed by atoms with Gasteiger partial charge in [0.2, 0.25) is 0 Å². The third-order valence-electron chi connectivity index (χ3n) is 5.11. The molecule has 0 aliphatic carbocycles. The Labute approximate surface area is 182 Å². The van der Waals surface area contributed by atoms with E-state index in [1.54, 1.807) is 67.2 Å². The lowest BCUT2D eigenvalue weighted by Gasteiger charge is -2.13. The van der Waals surface area contributed by atoms with Crippen molar-refractivity contribution in [1.82, 2.24) is 9.36 Å². The summed E-state index contributed by atoms with van der Waals surface area (Å²) in [6.45, 7) is 1.66. The number of benzene rings is 2. The molecule has 9 heteroatoms. The van der Waals surface area contributed by atoms with E-state index in [1.165, 1.54) is 11.8 Å². The van der Waals surface area contributed by atoms with Crippen molar-refractivity contribution < 1.29 is 14.3 Å². The summed E-state index contributed by atoms with van der Waals surface area (Å²) in [7, 11) is 3.20. The van der Waals surface area contributed by atoms with Crippen molar-refractivity contribution in [3.8, 4) is 11.4 Å². The van der Waals surface area contributed by atoms with Crippen molar-refractivity contribution in [2.45, 2.75) is 6.92 Å². The Morgan fingerprint density at radius 1 is 0.968 bits per heavy atom. The van der Waals surface area contributed by atoms with Gasteiger partial charge in [-0.3, -0.25) is 19.1 Å². The molecule has 2 amide bonds. The summed E-state index contributed by atoms with van der Waals surface area (Å²) in [5, 5.41) is 2.59. The molecule has 0 bridgehead atoms. The molecule has 2 heterocycles. The van der Waals surface area contributed by atoms with Crippen LogP contribution >= 0.6 is 11.6 Å². The quantitative estimate of drug-likeness (QED) is 0.619. The number of ether oxygens (including phenoxy) is 1. The van der Waals surface area contributed by atoms with Crippen LogP contribution in [0, 0.1) is 6.92 Å². The highest BCUT2D eigenvalue weighted by Crippen LogP contribution is 2.31. The fourth-order valence-electron chi connectivity index (χ4n) is 3.47. The van der Waals surface area contributed by atoms with Gasteiger partial charge < -0.3 is 10.1 Å². The highest BCUT2D eigenvalue weighted by molar-refractivity contribution is 6.53. The lowest BCUT2D eigenvalue weighted by atomic mass is 10.3. The van der Waals surface area contributed by atoms with Crippen molar-refractivity contribution >= 4 is 34.8 Å². The monoisotopic (exact) mass is 438 g/mol. The fraction of sp³-hybridized carbons (Fsp3) is 0.136. The number of halogens is 1. The van der Waals surface area contributed by atoms with E-state index in [0.717, 1.165) is 4.90 Å². The number of amides is 2. The molecule has 3 aromatic rings. The van der Waals surface area contributed by atoms with Crippen molar-refractivity contribution in [3.05, 3.63) is 81.4 Å². The summed E-state index contributed by atoms with van der Waals surface area (Å²) < 4.78 is 8.16. The molecule has 0 unspecified atom stereocenters. The van der Waals surface area contributed by atoms with Crippen LogP contribution in [0.3, 0.4) is 0 Å². The summed E-state index contributed by atoms with van der Waals surface area (Å²) in [4.78, 5) is 40.1. The second kappa shape index (κ2) is 7.81. The van der Waals surface area contributed by atoms with Crippen LogP contribution in [0.1, 0.15) is 5.69 Å². The number of carbonyl (C=O) groups is 2. The molecular weight excluding hydrogens is 420 g/mol. The molecule has 0 radical (unpaired) electrons. The average Bonchev–Trinajstić information content (AvgIpc) is 3.12. The first-order valence-corrected chi connectivity index (χ1v) is 9.76. The molecule has 0 fully saturated rings. The van der Waals surface area contributed by atoms with Gasteiger partial charge in [-0.2, -0.15) is 0 Å². The number of nitrogens with one attached hydrogen (secondary N) is 1. The van der Waals surface area contributed by atoms with Gasteiger partial charge in [0.1, 0.15) is 22.2 Å². The molecule has 158 valence electrons. The normalized spacial score (nSPS) is 13.9. The number of rotatable bonds is 5. The molecule has 4 rings (SSSR count). The number of hydrogen-bond acceptors (Lipinski definition) is 5. The minimum Gasteiger partial charge on any atom is -0.497 e. The van der Waals surface area contributed by atoms with Crippen LogP contribution < -0.4 is 20.5 Å².